The van der Waals surface area contributed by atoms with Crippen LogP contribution in [0.2, 0.25) is 0 Å². The summed E-state index contributed by atoms with van der Waals surface area (Å²) < 4.78 is 11.6. The molecule has 0 aromatic carbocycles. The molecule has 0 heterocycles. The summed E-state index contributed by atoms with van der Waals surface area (Å²) in [6, 6.07) is 0. The van der Waals surface area contributed by atoms with Gasteiger partial charge in [-0.05, 0) is 48.0 Å². The van der Waals surface area contributed by atoms with Crippen molar-refractivity contribution in [3.8, 4) is 0 Å². The molecular formula is C12H26O2. The molecule has 0 N–H and O–H groups in total. The van der Waals surface area contributed by atoms with E-state index in [0.29, 0.717) is 6.61 Å². The van der Waals surface area contributed by atoms with E-state index in [4.69, 9.17) is 9.47 Å². The summed E-state index contributed by atoms with van der Waals surface area (Å²) in [6.45, 7) is 15.2. The van der Waals surface area contributed by atoms with Gasteiger partial charge in [0.2, 0.25) is 0 Å². The maximum atomic E-state index is 5.86. The molecule has 1 atom stereocenters. The molecule has 0 spiro atoms. The average molecular weight is 202 g/mol. The van der Waals surface area contributed by atoms with Crippen LogP contribution >= 0.6 is 0 Å². The molecule has 0 fully saturated rings. The monoisotopic (exact) mass is 202 g/mol. The first kappa shape index (κ1) is 13.9. The Balaban J connectivity index is 4.12. The number of hydrogen-bond acceptors (Lipinski definition) is 2. The standard InChI is InChI=1S/C12H26O2/c1-8-12(7,14-10(2)3)9-13-11(4,5)6/h10H,8-9H2,1-7H3. The lowest BCUT2D eigenvalue weighted by atomic mass is 10.0. The molecule has 1 unspecified atom stereocenters. The zero-order chi connectivity index (χ0) is 11.4. The second-order valence-electron chi connectivity index (χ2n) is 5.37. The molecule has 0 aliphatic rings. The summed E-state index contributed by atoms with van der Waals surface area (Å²) >= 11 is 0. The second-order valence-corrected chi connectivity index (χ2v) is 5.37. The number of rotatable bonds is 5. The van der Waals surface area contributed by atoms with Gasteiger partial charge in [-0.1, -0.05) is 6.92 Å². The Bertz CT molecular complexity index is 158. The van der Waals surface area contributed by atoms with Gasteiger partial charge in [0.1, 0.15) is 0 Å². The van der Waals surface area contributed by atoms with Crippen molar-refractivity contribution in [2.24, 2.45) is 0 Å². The van der Waals surface area contributed by atoms with Crippen LogP contribution in [0.1, 0.15) is 54.9 Å². The minimum absolute atomic E-state index is 0.0865. The molecule has 0 saturated heterocycles. The summed E-state index contributed by atoms with van der Waals surface area (Å²) in [5, 5.41) is 0. The van der Waals surface area contributed by atoms with E-state index in [2.05, 4.69) is 48.5 Å². The van der Waals surface area contributed by atoms with Crippen molar-refractivity contribution in [3.05, 3.63) is 0 Å². The third kappa shape index (κ3) is 6.39. The molecule has 0 aliphatic heterocycles. The highest BCUT2D eigenvalue weighted by Gasteiger charge is 2.26. The van der Waals surface area contributed by atoms with E-state index in [1.165, 1.54) is 0 Å². The fourth-order valence-corrected chi connectivity index (χ4v) is 1.16. The van der Waals surface area contributed by atoms with Crippen LogP contribution in [0.4, 0.5) is 0 Å². The SMILES string of the molecule is CCC(C)(COC(C)(C)C)OC(C)C. The normalized spacial score (nSPS) is 17.1. The molecule has 0 amide bonds. The Kier molecular flexibility index (Phi) is 5.10. The highest BCUT2D eigenvalue weighted by atomic mass is 16.6. The van der Waals surface area contributed by atoms with Gasteiger partial charge in [-0.15, -0.1) is 0 Å². The van der Waals surface area contributed by atoms with Crippen LogP contribution in [-0.2, 0) is 9.47 Å². The molecule has 0 saturated carbocycles. The maximum Gasteiger partial charge on any atom is 0.0888 e. The Morgan fingerprint density at radius 1 is 1.07 bits per heavy atom. The lowest BCUT2D eigenvalue weighted by molar-refractivity contribution is -0.142. The van der Waals surface area contributed by atoms with E-state index in [0.717, 1.165) is 6.42 Å². The minimum atomic E-state index is -0.151. The van der Waals surface area contributed by atoms with E-state index >= 15 is 0 Å². The summed E-state index contributed by atoms with van der Waals surface area (Å²) in [5.74, 6) is 0. The summed E-state index contributed by atoms with van der Waals surface area (Å²) in [6.07, 6.45) is 1.23. The van der Waals surface area contributed by atoms with Crippen molar-refractivity contribution in [2.75, 3.05) is 6.61 Å². The van der Waals surface area contributed by atoms with E-state index in [1.54, 1.807) is 0 Å². The van der Waals surface area contributed by atoms with Gasteiger partial charge in [-0.25, -0.2) is 0 Å². The van der Waals surface area contributed by atoms with Crippen molar-refractivity contribution in [1.82, 2.24) is 0 Å². The van der Waals surface area contributed by atoms with E-state index in [1.807, 2.05) is 0 Å². The summed E-state index contributed by atoms with van der Waals surface area (Å²) in [7, 11) is 0. The first-order valence-electron chi connectivity index (χ1n) is 5.50. The van der Waals surface area contributed by atoms with Gasteiger partial charge >= 0.3 is 0 Å². The van der Waals surface area contributed by atoms with E-state index < -0.39 is 0 Å². The predicted molar refractivity (Wildman–Crippen MR) is 60.6 cm³/mol. The Labute approximate surface area is 89.0 Å². The molecule has 0 rings (SSSR count). The lowest BCUT2D eigenvalue weighted by Gasteiger charge is -2.33. The quantitative estimate of drug-likeness (QED) is 0.680. The van der Waals surface area contributed by atoms with Crippen LogP contribution in [0.5, 0.6) is 0 Å². The van der Waals surface area contributed by atoms with E-state index in [-0.39, 0.29) is 17.3 Å². The van der Waals surface area contributed by atoms with Gasteiger partial charge in [0.05, 0.1) is 23.9 Å². The smallest absolute Gasteiger partial charge is 0.0888 e. The van der Waals surface area contributed by atoms with Crippen LogP contribution in [0, 0.1) is 0 Å². The fourth-order valence-electron chi connectivity index (χ4n) is 1.16. The third-order valence-corrected chi connectivity index (χ3v) is 2.08. The number of hydrogen-bond donors (Lipinski definition) is 0. The van der Waals surface area contributed by atoms with Crippen molar-refractivity contribution in [3.63, 3.8) is 0 Å². The van der Waals surface area contributed by atoms with Crippen LogP contribution in [0.15, 0.2) is 0 Å². The van der Waals surface area contributed by atoms with Crippen LogP contribution in [0.3, 0.4) is 0 Å². The van der Waals surface area contributed by atoms with Gasteiger partial charge in [0, 0.05) is 0 Å². The topological polar surface area (TPSA) is 18.5 Å². The van der Waals surface area contributed by atoms with Crippen LogP contribution in [-0.4, -0.2) is 23.9 Å². The van der Waals surface area contributed by atoms with Gasteiger partial charge in [-0.2, -0.15) is 0 Å². The Hall–Kier alpha value is -0.0800. The molecule has 2 nitrogen and oxygen atoms in total. The fraction of sp³-hybridized carbons (Fsp3) is 1.00. The highest BCUT2D eigenvalue weighted by molar-refractivity contribution is 4.75. The van der Waals surface area contributed by atoms with Gasteiger partial charge < -0.3 is 9.47 Å². The largest absolute Gasteiger partial charge is 0.373 e. The summed E-state index contributed by atoms with van der Waals surface area (Å²) in [4.78, 5) is 0. The molecule has 14 heavy (non-hydrogen) atoms. The summed E-state index contributed by atoms with van der Waals surface area (Å²) in [5.41, 5.74) is -0.238. The zero-order valence-corrected chi connectivity index (χ0v) is 10.8. The molecule has 0 aliphatic carbocycles. The molecule has 0 aromatic rings. The Morgan fingerprint density at radius 2 is 1.57 bits per heavy atom. The third-order valence-electron chi connectivity index (χ3n) is 2.08. The van der Waals surface area contributed by atoms with E-state index in [9.17, 15) is 0 Å². The van der Waals surface area contributed by atoms with Gasteiger partial charge in [-0.3, -0.25) is 0 Å². The first-order valence-corrected chi connectivity index (χ1v) is 5.50. The van der Waals surface area contributed by atoms with Crippen molar-refractivity contribution in [2.45, 2.75) is 72.2 Å². The molecular weight excluding hydrogens is 176 g/mol. The molecule has 0 aromatic heterocycles. The molecule has 0 radical (unpaired) electrons. The van der Waals surface area contributed by atoms with Crippen molar-refractivity contribution >= 4 is 0 Å². The van der Waals surface area contributed by atoms with Crippen molar-refractivity contribution < 1.29 is 9.47 Å². The minimum Gasteiger partial charge on any atom is -0.373 e. The second kappa shape index (κ2) is 5.13. The predicted octanol–water partition coefficient (Wildman–Crippen LogP) is 3.40. The van der Waals surface area contributed by atoms with Crippen LogP contribution in [0.25, 0.3) is 0 Å². The van der Waals surface area contributed by atoms with Gasteiger partial charge in [0.25, 0.3) is 0 Å². The lowest BCUT2D eigenvalue weighted by Crippen LogP contribution is -2.39. The van der Waals surface area contributed by atoms with Crippen molar-refractivity contribution in [1.29, 1.82) is 0 Å². The number of ether oxygens (including phenoxy) is 2. The highest BCUT2D eigenvalue weighted by Crippen LogP contribution is 2.21. The molecule has 0 bridgehead atoms. The first-order chi connectivity index (χ1) is 6.18. The maximum absolute atomic E-state index is 5.86. The van der Waals surface area contributed by atoms with Gasteiger partial charge in [0.15, 0.2) is 0 Å². The average Bonchev–Trinajstić information content (AvgIpc) is 1.99. The Morgan fingerprint density at radius 3 is 1.86 bits per heavy atom. The van der Waals surface area contributed by atoms with Crippen LogP contribution < -0.4 is 0 Å². The molecule has 86 valence electrons. The zero-order valence-electron chi connectivity index (χ0n) is 10.8. The molecule has 2 heteroatoms.